The van der Waals surface area contributed by atoms with E-state index >= 15 is 0 Å². The third kappa shape index (κ3) is 4.42. The first kappa shape index (κ1) is 11.5. The first-order valence-electron chi connectivity index (χ1n) is 4.62. The minimum atomic E-state index is -0.729. The molecule has 1 aromatic carbocycles. The summed E-state index contributed by atoms with van der Waals surface area (Å²) in [4.78, 5) is 10.0. The van der Waals surface area contributed by atoms with Crippen LogP contribution in [0.4, 0.5) is 0 Å². The number of nitroso groups, excluding NO2 is 1. The quantitative estimate of drug-likeness (QED) is 0.563. The monoisotopic (exact) mass is 210 g/mol. The standard InChI is InChI=1S/C10H14N2O3/c1-12(11-14)7-9(13)8-15-10-5-3-2-4-6-10/h2-6,9,13H,7-8H2,1H3. The number of rotatable bonds is 6. The van der Waals surface area contributed by atoms with E-state index in [0.717, 1.165) is 5.01 Å². The lowest BCUT2D eigenvalue weighted by molar-refractivity contribution is 0.0768. The van der Waals surface area contributed by atoms with Gasteiger partial charge in [0.15, 0.2) is 0 Å². The van der Waals surface area contributed by atoms with E-state index < -0.39 is 6.10 Å². The highest BCUT2D eigenvalue weighted by molar-refractivity contribution is 5.20. The molecule has 0 aliphatic carbocycles. The van der Waals surface area contributed by atoms with Gasteiger partial charge < -0.3 is 9.84 Å². The van der Waals surface area contributed by atoms with Crippen molar-refractivity contribution >= 4 is 0 Å². The minimum Gasteiger partial charge on any atom is -0.491 e. The Bertz CT molecular complexity index is 292. The second-order valence-corrected chi connectivity index (χ2v) is 3.20. The topological polar surface area (TPSA) is 62.1 Å². The van der Waals surface area contributed by atoms with Gasteiger partial charge in [0.2, 0.25) is 0 Å². The highest BCUT2D eigenvalue weighted by atomic mass is 16.5. The van der Waals surface area contributed by atoms with E-state index in [1.807, 2.05) is 18.2 Å². The van der Waals surface area contributed by atoms with E-state index in [2.05, 4.69) is 5.29 Å². The van der Waals surface area contributed by atoms with Gasteiger partial charge in [0.25, 0.3) is 0 Å². The average Bonchev–Trinajstić information content (AvgIpc) is 2.27. The number of benzene rings is 1. The molecule has 1 atom stereocenters. The van der Waals surface area contributed by atoms with Crippen molar-refractivity contribution in [3.05, 3.63) is 35.2 Å². The van der Waals surface area contributed by atoms with Crippen molar-refractivity contribution in [3.8, 4) is 5.75 Å². The van der Waals surface area contributed by atoms with E-state index in [1.165, 1.54) is 7.05 Å². The smallest absolute Gasteiger partial charge is 0.119 e. The largest absolute Gasteiger partial charge is 0.491 e. The molecule has 0 fully saturated rings. The molecular formula is C10H14N2O3. The Hall–Kier alpha value is -1.62. The normalized spacial score (nSPS) is 11.9. The summed E-state index contributed by atoms with van der Waals surface area (Å²) in [7, 11) is 1.50. The van der Waals surface area contributed by atoms with E-state index in [9.17, 15) is 10.0 Å². The predicted molar refractivity (Wildman–Crippen MR) is 56.4 cm³/mol. The third-order valence-electron chi connectivity index (χ3n) is 1.80. The maximum absolute atomic E-state index is 10.0. The van der Waals surface area contributed by atoms with Crippen LogP contribution in [0.1, 0.15) is 0 Å². The van der Waals surface area contributed by atoms with Crippen LogP contribution in [0.5, 0.6) is 5.75 Å². The fraction of sp³-hybridized carbons (Fsp3) is 0.400. The Morgan fingerprint density at radius 2 is 2.13 bits per heavy atom. The number of ether oxygens (including phenoxy) is 1. The maximum atomic E-state index is 10.0. The molecular weight excluding hydrogens is 196 g/mol. The number of hydrogen-bond donors (Lipinski definition) is 1. The summed E-state index contributed by atoms with van der Waals surface area (Å²) in [5.41, 5.74) is 0. The zero-order valence-corrected chi connectivity index (χ0v) is 8.54. The van der Waals surface area contributed by atoms with Crippen molar-refractivity contribution in [2.45, 2.75) is 6.10 Å². The van der Waals surface area contributed by atoms with Gasteiger partial charge in [-0.05, 0) is 12.1 Å². The summed E-state index contributed by atoms with van der Waals surface area (Å²) in [5, 5.41) is 13.2. The zero-order valence-electron chi connectivity index (χ0n) is 8.54. The molecule has 15 heavy (non-hydrogen) atoms. The van der Waals surface area contributed by atoms with Crippen LogP contribution in [-0.4, -0.2) is 36.4 Å². The molecule has 1 rings (SSSR count). The molecule has 5 heteroatoms. The molecule has 1 unspecified atom stereocenters. The summed E-state index contributed by atoms with van der Waals surface area (Å²) in [6.45, 7) is 0.306. The summed E-state index contributed by atoms with van der Waals surface area (Å²) < 4.78 is 5.29. The van der Waals surface area contributed by atoms with Gasteiger partial charge >= 0.3 is 0 Å². The van der Waals surface area contributed by atoms with Crippen molar-refractivity contribution in [2.24, 2.45) is 5.29 Å². The van der Waals surface area contributed by atoms with Crippen LogP contribution >= 0.6 is 0 Å². The third-order valence-corrected chi connectivity index (χ3v) is 1.80. The van der Waals surface area contributed by atoms with Crippen molar-refractivity contribution in [3.63, 3.8) is 0 Å². The van der Waals surface area contributed by atoms with Crippen molar-refractivity contribution in [1.82, 2.24) is 5.01 Å². The Labute approximate surface area is 88.2 Å². The molecule has 0 amide bonds. The maximum Gasteiger partial charge on any atom is 0.119 e. The predicted octanol–water partition coefficient (Wildman–Crippen LogP) is 1.04. The first-order valence-corrected chi connectivity index (χ1v) is 4.62. The molecule has 1 aromatic rings. The SMILES string of the molecule is CN(CC(O)COc1ccccc1)N=O. The summed E-state index contributed by atoms with van der Waals surface area (Å²) in [6.07, 6.45) is -0.729. The van der Waals surface area contributed by atoms with Gasteiger partial charge in [0, 0.05) is 7.05 Å². The van der Waals surface area contributed by atoms with Crippen molar-refractivity contribution < 1.29 is 9.84 Å². The van der Waals surface area contributed by atoms with Crippen LogP contribution < -0.4 is 4.74 Å². The molecule has 0 heterocycles. The molecule has 0 spiro atoms. The molecule has 82 valence electrons. The van der Waals surface area contributed by atoms with Gasteiger partial charge in [-0.25, -0.2) is 0 Å². The Kier molecular flexibility index (Phi) is 4.56. The van der Waals surface area contributed by atoms with Gasteiger partial charge in [0.1, 0.15) is 18.5 Å². The number of hydrogen-bond acceptors (Lipinski definition) is 4. The second-order valence-electron chi connectivity index (χ2n) is 3.20. The molecule has 0 radical (unpaired) electrons. The van der Waals surface area contributed by atoms with Gasteiger partial charge in [-0.15, -0.1) is 4.91 Å². The molecule has 5 nitrogen and oxygen atoms in total. The molecule has 0 bridgehead atoms. The number of para-hydroxylation sites is 1. The first-order chi connectivity index (χ1) is 7.22. The molecule has 0 aliphatic rings. The zero-order chi connectivity index (χ0) is 11.1. The summed E-state index contributed by atoms with van der Waals surface area (Å²) >= 11 is 0. The van der Waals surface area contributed by atoms with E-state index in [1.54, 1.807) is 12.1 Å². The van der Waals surface area contributed by atoms with E-state index in [0.29, 0.717) is 5.75 Å². The van der Waals surface area contributed by atoms with Crippen LogP contribution in [0.3, 0.4) is 0 Å². The Balaban J connectivity index is 2.28. The molecule has 0 aromatic heterocycles. The average molecular weight is 210 g/mol. The summed E-state index contributed by atoms with van der Waals surface area (Å²) in [5.74, 6) is 0.693. The van der Waals surface area contributed by atoms with Gasteiger partial charge in [0.05, 0.1) is 11.8 Å². The molecule has 0 aliphatic heterocycles. The lowest BCUT2D eigenvalue weighted by Crippen LogP contribution is -2.29. The van der Waals surface area contributed by atoms with Crippen molar-refractivity contribution in [1.29, 1.82) is 0 Å². The molecule has 1 N–H and O–H groups in total. The van der Waals surface area contributed by atoms with Gasteiger partial charge in [-0.3, -0.25) is 5.01 Å². The molecule has 0 saturated carbocycles. The van der Waals surface area contributed by atoms with Gasteiger partial charge in [-0.2, -0.15) is 0 Å². The summed E-state index contributed by atoms with van der Waals surface area (Å²) in [6, 6.07) is 9.18. The highest BCUT2D eigenvalue weighted by Gasteiger charge is 2.08. The number of nitrogens with zero attached hydrogens (tertiary/aromatic N) is 2. The fourth-order valence-corrected chi connectivity index (χ4v) is 1.10. The van der Waals surface area contributed by atoms with Crippen LogP contribution in [0.2, 0.25) is 0 Å². The van der Waals surface area contributed by atoms with E-state index in [-0.39, 0.29) is 13.2 Å². The Morgan fingerprint density at radius 1 is 1.47 bits per heavy atom. The number of likely N-dealkylation sites (N-methyl/N-ethyl adjacent to an activating group) is 1. The minimum absolute atomic E-state index is 0.143. The second kappa shape index (κ2) is 5.98. The lowest BCUT2D eigenvalue weighted by Gasteiger charge is -2.15. The van der Waals surface area contributed by atoms with E-state index in [4.69, 9.17) is 4.74 Å². The Morgan fingerprint density at radius 3 is 2.73 bits per heavy atom. The van der Waals surface area contributed by atoms with Crippen molar-refractivity contribution in [2.75, 3.05) is 20.2 Å². The molecule has 0 saturated heterocycles. The highest BCUT2D eigenvalue weighted by Crippen LogP contribution is 2.08. The van der Waals surface area contributed by atoms with Crippen LogP contribution in [0, 0.1) is 4.91 Å². The fourth-order valence-electron chi connectivity index (χ4n) is 1.10. The van der Waals surface area contributed by atoms with Crippen LogP contribution in [-0.2, 0) is 0 Å². The number of aliphatic hydroxyl groups is 1. The van der Waals surface area contributed by atoms with Crippen LogP contribution in [0.15, 0.2) is 35.6 Å². The lowest BCUT2D eigenvalue weighted by atomic mass is 10.3. The van der Waals surface area contributed by atoms with Crippen LogP contribution in [0.25, 0.3) is 0 Å². The number of aliphatic hydroxyl groups excluding tert-OH is 1. The van der Waals surface area contributed by atoms with Gasteiger partial charge in [-0.1, -0.05) is 18.2 Å².